The number of rotatable bonds is 7. The van der Waals surface area contributed by atoms with Gasteiger partial charge in [-0.1, -0.05) is 18.2 Å². The van der Waals surface area contributed by atoms with E-state index in [-0.39, 0.29) is 18.9 Å². The topological polar surface area (TPSA) is 62.9 Å². The first-order valence-corrected chi connectivity index (χ1v) is 7.33. The Kier molecular flexibility index (Phi) is 5.97. The van der Waals surface area contributed by atoms with Gasteiger partial charge in [0.05, 0.1) is 14.2 Å². The molecule has 0 heterocycles. The van der Waals surface area contributed by atoms with Crippen molar-refractivity contribution < 1.29 is 32.1 Å². The van der Waals surface area contributed by atoms with Crippen LogP contribution in [-0.4, -0.2) is 33.7 Å². The molecule has 0 aliphatic carbocycles. The van der Waals surface area contributed by atoms with Gasteiger partial charge in [0, 0.05) is 12.1 Å². The Morgan fingerprint density at radius 3 is 2.32 bits per heavy atom. The summed E-state index contributed by atoms with van der Waals surface area (Å²) in [6.07, 6.45) is -4.85. The van der Waals surface area contributed by atoms with Crippen LogP contribution in [0.5, 0.6) is 23.0 Å². The number of hydrogen-bond acceptors (Lipinski definition) is 5. The summed E-state index contributed by atoms with van der Waals surface area (Å²) in [4.78, 5) is 0. The smallest absolute Gasteiger partial charge is 0.493 e. The minimum absolute atomic E-state index is 0.0478. The minimum atomic E-state index is -4.85. The van der Waals surface area contributed by atoms with Crippen LogP contribution in [0.25, 0.3) is 11.1 Å². The van der Waals surface area contributed by atoms with Crippen LogP contribution in [0, 0.1) is 0 Å². The first kappa shape index (κ1) is 18.7. The van der Waals surface area contributed by atoms with Crippen LogP contribution in [0.2, 0.25) is 0 Å². The standard InChI is InChI=1S/C17H18F3NO4/c1-22-14-5-3-4-12(16(14)23-2)11-6-7-13(24-9-8-21)15(10-11)25-17(18,19)20/h3-7,10H,8-9,21H2,1-2H3. The second-order valence-electron chi connectivity index (χ2n) is 4.89. The molecule has 0 amide bonds. The Morgan fingerprint density at radius 1 is 0.960 bits per heavy atom. The average Bonchev–Trinajstić information content (AvgIpc) is 2.58. The number of benzene rings is 2. The SMILES string of the molecule is COc1cccc(-c2ccc(OCCN)c(OC(F)(F)F)c2)c1OC. The average molecular weight is 357 g/mol. The van der Waals surface area contributed by atoms with E-state index in [0.29, 0.717) is 22.6 Å². The van der Waals surface area contributed by atoms with Crippen LogP contribution >= 0.6 is 0 Å². The molecule has 2 aromatic rings. The van der Waals surface area contributed by atoms with E-state index in [0.717, 1.165) is 0 Å². The van der Waals surface area contributed by atoms with Crippen LogP contribution in [0.4, 0.5) is 13.2 Å². The first-order valence-electron chi connectivity index (χ1n) is 7.33. The number of nitrogens with two attached hydrogens (primary N) is 1. The molecule has 0 spiro atoms. The lowest BCUT2D eigenvalue weighted by Crippen LogP contribution is -2.18. The van der Waals surface area contributed by atoms with E-state index < -0.39 is 12.1 Å². The Morgan fingerprint density at radius 2 is 1.72 bits per heavy atom. The van der Waals surface area contributed by atoms with Gasteiger partial charge in [-0.15, -0.1) is 13.2 Å². The zero-order valence-electron chi connectivity index (χ0n) is 13.7. The highest BCUT2D eigenvalue weighted by atomic mass is 19.4. The fourth-order valence-corrected chi connectivity index (χ4v) is 2.28. The summed E-state index contributed by atoms with van der Waals surface area (Å²) in [7, 11) is 2.93. The van der Waals surface area contributed by atoms with Gasteiger partial charge in [0.15, 0.2) is 23.0 Å². The van der Waals surface area contributed by atoms with Crippen molar-refractivity contribution in [3.63, 3.8) is 0 Å². The number of ether oxygens (including phenoxy) is 4. The number of halogens is 3. The van der Waals surface area contributed by atoms with Gasteiger partial charge in [0.25, 0.3) is 0 Å². The quantitative estimate of drug-likeness (QED) is 0.820. The number of para-hydroxylation sites is 1. The van der Waals surface area contributed by atoms with E-state index in [1.165, 1.54) is 26.4 Å². The zero-order chi connectivity index (χ0) is 18.4. The molecule has 0 fully saturated rings. The molecular weight excluding hydrogens is 339 g/mol. The maximum atomic E-state index is 12.7. The molecule has 0 atom stereocenters. The van der Waals surface area contributed by atoms with Crippen molar-refractivity contribution in [3.8, 4) is 34.1 Å². The number of hydrogen-bond donors (Lipinski definition) is 1. The van der Waals surface area contributed by atoms with Crippen molar-refractivity contribution in [2.24, 2.45) is 5.73 Å². The van der Waals surface area contributed by atoms with Gasteiger partial charge in [-0.05, 0) is 23.8 Å². The number of methoxy groups -OCH3 is 2. The Balaban J connectivity index is 2.51. The van der Waals surface area contributed by atoms with E-state index in [9.17, 15) is 13.2 Å². The van der Waals surface area contributed by atoms with E-state index in [2.05, 4.69) is 4.74 Å². The van der Waals surface area contributed by atoms with Crippen molar-refractivity contribution in [3.05, 3.63) is 36.4 Å². The van der Waals surface area contributed by atoms with Gasteiger partial charge in [-0.2, -0.15) is 0 Å². The molecule has 25 heavy (non-hydrogen) atoms. The van der Waals surface area contributed by atoms with E-state index in [1.54, 1.807) is 24.3 Å². The van der Waals surface area contributed by atoms with Crippen molar-refractivity contribution in [1.82, 2.24) is 0 Å². The summed E-state index contributed by atoms with van der Waals surface area (Å²) in [5, 5.41) is 0. The highest BCUT2D eigenvalue weighted by Crippen LogP contribution is 2.41. The van der Waals surface area contributed by atoms with E-state index in [1.807, 2.05) is 0 Å². The summed E-state index contributed by atoms with van der Waals surface area (Å²) < 4.78 is 57.9. The minimum Gasteiger partial charge on any atom is -0.493 e. The Labute approximate surface area is 143 Å². The fraction of sp³-hybridized carbons (Fsp3) is 0.294. The lowest BCUT2D eigenvalue weighted by atomic mass is 10.0. The van der Waals surface area contributed by atoms with E-state index >= 15 is 0 Å². The van der Waals surface area contributed by atoms with Crippen LogP contribution in [-0.2, 0) is 0 Å². The summed E-state index contributed by atoms with van der Waals surface area (Å²) >= 11 is 0. The molecule has 0 radical (unpaired) electrons. The van der Waals surface area contributed by atoms with Crippen molar-refractivity contribution in [2.45, 2.75) is 6.36 Å². The zero-order valence-corrected chi connectivity index (χ0v) is 13.7. The van der Waals surface area contributed by atoms with Crippen molar-refractivity contribution in [1.29, 1.82) is 0 Å². The second-order valence-corrected chi connectivity index (χ2v) is 4.89. The lowest BCUT2D eigenvalue weighted by molar-refractivity contribution is -0.275. The van der Waals surface area contributed by atoms with Crippen LogP contribution in [0.3, 0.4) is 0 Å². The monoisotopic (exact) mass is 357 g/mol. The van der Waals surface area contributed by atoms with Crippen LogP contribution in [0.15, 0.2) is 36.4 Å². The Hall–Kier alpha value is -2.61. The third-order valence-corrected chi connectivity index (χ3v) is 3.26. The summed E-state index contributed by atoms with van der Waals surface area (Å²) in [5.41, 5.74) is 6.33. The molecule has 0 aliphatic rings. The molecule has 0 aromatic heterocycles. The second kappa shape index (κ2) is 7.98. The molecule has 0 saturated carbocycles. The maximum Gasteiger partial charge on any atom is 0.573 e. The predicted molar refractivity (Wildman–Crippen MR) is 86.2 cm³/mol. The normalized spacial score (nSPS) is 11.1. The molecule has 5 nitrogen and oxygen atoms in total. The fourth-order valence-electron chi connectivity index (χ4n) is 2.28. The highest BCUT2D eigenvalue weighted by molar-refractivity contribution is 5.75. The van der Waals surface area contributed by atoms with Gasteiger partial charge < -0.3 is 24.7 Å². The molecule has 2 rings (SSSR count). The van der Waals surface area contributed by atoms with Crippen LogP contribution in [0.1, 0.15) is 0 Å². The lowest BCUT2D eigenvalue weighted by Gasteiger charge is -2.17. The van der Waals surface area contributed by atoms with E-state index in [4.69, 9.17) is 19.9 Å². The van der Waals surface area contributed by atoms with Gasteiger partial charge in [-0.25, -0.2) is 0 Å². The molecular formula is C17H18F3NO4. The Bertz CT molecular complexity index is 720. The van der Waals surface area contributed by atoms with Gasteiger partial charge >= 0.3 is 6.36 Å². The summed E-state index contributed by atoms with van der Waals surface area (Å²) in [6.45, 7) is 0.229. The first-order chi connectivity index (χ1) is 11.9. The molecule has 0 unspecified atom stereocenters. The summed E-state index contributed by atoms with van der Waals surface area (Å²) in [6, 6.07) is 9.33. The molecule has 2 aromatic carbocycles. The third kappa shape index (κ3) is 4.69. The molecule has 2 N–H and O–H groups in total. The molecule has 0 aliphatic heterocycles. The van der Waals surface area contributed by atoms with Gasteiger partial charge in [0.2, 0.25) is 0 Å². The highest BCUT2D eigenvalue weighted by Gasteiger charge is 2.32. The molecule has 136 valence electrons. The molecule has 8 heteroatoms. The van der Waals surface area contributed by atoms with Gasteiger partial charge in [-0.3, -0.25) is 0 Å². The summed E-state index contributed by atoms with van der Waals surface area (Å²) in [5.74, 6) is 0.358. The largest absolute Gasteiger partial charge is 0.573 e. The number of alkyl halides is 3. The van der Waals surface area contributed by atoms with Gasteiger partial charge in [0.1, 0.15) is 6.61 Å². The van der Waals surface area contributed by atoms with Crippen molar-refractivity contribution >= 4 is 0 Å². The maximum absolute atomic E-state index is 12.7. The van der Waals surface area contributed by atoms with Crippen LogP contribution < -0.4 is 24.7 Å². The molecule has 0 bridgehead atoms. The third-order valence-electron chi connectivity index (χ3n) is 3.26. The predicted octanol–water partition coefficient (Wildman–Crippen LogP) is 3.61. The van der Waals surface area contributed by atoms with Crippen molar-refractivity contribution in [2.75, 3.05) is 27.4 Å². The molecule has 0 saturated heterocycles.